The molecule has 0 spiro atoms. The lowest BCUT2D eigenvalue weighted by Gasteiger charge is -2.33. The van der Waals surface area contributed by atoms with Crippen LogP contribution in [-0.2, 0) is 22.6 Å². The largest absolute Gasteiger partial charge is 0.342 e. The number of aromatic nitrogens is 2. The highest BCUT2D eigenvalue weighted by Crippen LogP contribution is 2.21. The number of imidazole rings is 1. The van der Waals surface area contributed by atoms with Crippen LogP contribution in [0.1, 0.15) is 24.2 Å². The van der Waals surface area contributed by atoms with Gasteiger partial charge in [-0.25, -0.2) is 9.37 Å². The fourth-order valence-corrected chi connectivity index (χ4v) is 3.98. The smallest absolute Gasteiger partial charge is 0.227 e. The van der Waals surface area contributed by atoms with Crippen LogP contribution in [0.3, 0.4) is 0 Å². The summed E-state index contributed by atoms with van der Waals surface area (Å²) in [7, 11) is 1.77. The Bertz CT molecular complexity index is 1030. The summed E-state index contributed by atoms with van der Waals surface area (Å²) in [5.41, 5.74) is 2.67. The molecule has 0 aliphatic carbocycles. The molecule has 1 aliphatic rings. The van der Waals surface area contributed by atoms with Gasteiger partial charge in [0.2, 0.25) is 11.8 Å². The van der Waals surface area contributed by atoms with E-state index in [-0.39, 0.29) is 23.5 Å². The highest BCUT2D eigenvalue weighted by Gasteiger charge is 2.31. The summed E-state index contributed by atoms with van der Waals surface area (Å²) < 4.78 is 13.4. The Morgan fingerprint density at radius 1 is 1.27 bits per heavy atom. The molecule has 156 valence electrons. The zero-order valence-electron chi connectivity index (χ0n) is 17.0. The second-order valence-corrected chi connectivity index (χ2v) is 7.85. The molecule has 0 radical (unpaired) electrons. The summed E-state index contributed by atoms with van der Waals surface area (Å²) in [5, 5.41) is 0. The molecule has 2 aromatic carbocycles. The number of nitrogens with one attached hydrogen (secondary N) is 1. The van der Waals surface area contributed by atoms with Gasteiger partial charge < -0.3 is 14.8 Å². The van der Waals surface area contributed by atoms with Crippen molar-refractivity contribution in [2.45, 2.75) is 25.8 Å². The number of piperidine rings is 1. The summed E-state index contributed by atoms with van der Waals surface area (Å²) in [6.07, 6.45) is 1.48. The SMILES string of the molecule is CN(Cc1nc2ccccc2[nH]1)C(=O)[C@@H]1CCC(=O)N(CCc2cccc(F)c2)C1. The highest BCUT2D eigenvalue weighted by molar-refractivity contribution is 5.84. The standard InChI is InChI=1S/C23H25FN4O2/c1-27(15-21-25-19-7-2-3-8-20(19)26-21)23(30)17-9-10-22(29)28(14-17)12-11-16-5-4-6-18(24)13-16/h2-8,13,17H,9-12,14-15H2,1H3,(H,25,26)/t17-/m1/s1. The molecule has 3 aromatic rings. The number of benzene rings is 2. The molecule has 0 bridgehead atoms. The van der Waals surface area contributed by atoms with Crippen LogP contribution in [0.25, 0.3) is 11.0 Å². The Morgan fingerprint density at radius 3 is 2.90 bits per heavy atom. The number of amides is 2. The minimum Gasteiger partial charge on any atom is -0.342 e. The highest BCUT2D eigenvalue weighted by atomic mass is 19.1. The number of halogens is 1. The Kier molecular flexibility index (Phi) is 5.79. The van der Waals surface area contributed by atoms with E-state index in [1.165, 1.54) is 12.1 Å². The molecule has 7 heteroatoms. The summed E-state index contributed by atoms with van der Waals surface area (Å²) >= 11 is 0. The van der Waals surface area contributed by atoms with Gasteiger partial charge in [-0.15, -0.1) is 0 Å². The number of hydrogen-bond donors (Lipinski definition) is 1. The second kappa shape index (κ2) is 8.65. The number of fused-ring (bicyclic) bond motifs is 1. The van der Waals surface area contributed by atoms with Crippen LogP contribution in [0, 0.1) is 11.7 Å². The van der Waals surface area contributed by atoms with E-state index in [0.717, 1.165) is 22.4 Å². The van der Waals surface area contributed by atoms with Crippen LogP contribution in [0.4, 0.5) is 4.39 Å². The van der Waals surface area contributed by atoms with Crippen molar-refractivity contribution in [1.82, 2.24) is 19.8 Å². The van der Waals surface area contributed by atoms with Crippen LogP contribution >= 0.6 is 0 Å². The van der Waals surface area contributed by atoms with Crippen molar-refractivity contribution in [3.63, 3.8) is 0 Å². The average molecular weight is 408 g/mol. The second-order valence-electron chi connectivity index (χ2n) is 7.85. The van der Waals surface area contributed by atoms with Gasteiger partial charge in [0.25, 0.3) is 0 Å². The molecule has 30 heavy (non-hydrogen) atoms. The lowest BCUT2D eigenvalue weighted by molar-refractivity contribution is -0.142. The first-order valence-corrected chi connectivity index (χ1v) is 10.2. The molecule has 4 rings (SSSR count). The number of rotatable bonds is 6. The molecule has 1 aromatic heterocycles. The quantitative estimate of drug-likeness (QED) is 0.681. The number of carbonyl (C=O) groups excluding carboxylic acids is 2. The van der Waals surface area contributed by atoms with Gasteiger partial charge in [-0.2, -0.15) is 0 Å². The number of likely N-dealkylation sites (tertiary alicyclic amines) is 1. The Morgan fingerprint density at radius 2 is 2.10 bits per heavy atom. The van der Waals surface area contributed by atoms with Gasteiger partial charge in [0.15, 0.2) is 0 Å². The molecule has 0 saturated carbocycles. The molecular weight excluding hydrogens is 383 g/mol. The van der Waals surface area contributed by atoms with Gasteiger partial charge in [0.05, 0.1) is 23.5 Å². The van der Waals surface area contributed by atoms with Crippen LogP contribution in [-0.4, -0.2) is 51.7 Å². The number of aromatic amines is 1. The molecule has 1 aliphatic heterocycles. The fraction of sp³-hybridized carbons (Fsp3) is 0.348. The predicted molar refractivity (Wildman–Crippen MR) is 112 cm³/mol. The zero-order valence-corrected chi connectivity index (χ0v) is 17.0. The number of carbonyl (C=O) groups is 2. The maximum absolute atomic E-state index is 13.4. The Labute approximate surface area is 174 Å². The lowest BCUT2D eigenvalue weighted by Crippen LogP contribution is -2.46. The van der Waals surface area contributed by atoms with E-state index in [1.54, 1.807) is 22.9 Å². The average Bonchev–Trinajstić information content (AvgIpc) is 3.15. The molecule has 1 fully saturated rings. The van der Waals surface area contributed by atoms with Gasteiger partial charge in [0, 0.05) is 26.6 Å². The van der Waals surface area contributed by atoms with Crippen molar-refractivity contribution in [3.05, 3.63) is 65.7 Å². The van der Waals surface area contributed by atoms with Crippen molar-refractivity contribution in [2.75, 3.05) is 20.1 Å². The molecule has 1 atom stereocenters. The third kappa shape index (κ3) is 4.50. The summed E-state index contributed by atoms with van der Waals surface area (Å²) in [4.78, 5) is 36.5. The topological polar surface area (TPSA) is 69.3 Å². The van der Waals surface area contributed by atoms with E-state index >= 15 is 0 Å². The minimum absolute atomic E-state index is 0.0127. The summed E-state index contributed by atoms with van der Waals surface area (Å²) in [6.45, 7) is 1.28. The van der Waals surface area contributed by atoms with Gasteiger partial charge >= 0.3 is 0 Å². The maximum atomic E-state index is 13.4. The number of para-hydroxylation sites is 2. The normalized spacial score (nSPS) is 16.8. The predicted octanol–water partition coefficient (Wildman–Crippen LogP) is 3.14. The molecule has 2 heterocycles. The van der Waals surface area contributed by atoms with Gasteiger partial charge in [-0.3, -0.25) is 9.59 Å². The van der Waals surface area contributed by atoms with Crippen molar-refractivity contribution < 1.29 is 14.0 Å². The number of nitrogens with zero attached hydrogens (tertiary/aromatic N) is 3. The first-order valence-electron chi connectivity index (χ1n) is 10.2. The van der Waals surface area contributed by atoms with Crippen molar-refractivity contribution in [3.8, 4) is 0 Å². The lowest BCUT2D eigenvalue weighted by atomic mass is 9.95. The molecule has 6 nitrogen and oxygen atoms in total. The molecule has 0 unspecified atom stereocenters. The van der Waals surface area contributed by atoms with E-state index in [4.69, 9.17) is 0 Å². The summed E-state index contributed by atoms with van der Waals surface area (Å²) in [5.74, 6) is 0.290. The number of H-pyrrole nitrogens is 1. The molecular formula is C23H25FN4O2. The first kappa shape index (κ1) is 20.1. The van der Waals surface area contributed by atoms with E-state index in [1.807, 2.05) is 30.3 Å². The van der Waals surface area contributed by atoms with E-state index < -0.39 is 0 Å². The monoisotopic (exact) mass is 408 g/mol. The summed E-state index contributed by atoms with van der Waals surface area (Å²) in [6, 6.07) is 14.2. The van der Waals surface area contributed by atoms with E-state index in [0.29, 0.717) is 38.9 Å². The van der Waals surface area contributed by atoms with Crippen LogP contribution in [0.2, 0.25) is 0 Å². The third-order valence-corrected chi connectivity index (χ3v) is 5.61. The molecule has 1 N–H and O–H groups in total. The maximum Gasteiger partial charge on any atom is 0.227 e. The van der Waals surface area contributed by atoms with Crippen molar-refractivity contribution in [1.29, 1.82) is 0 Å². The third-order valence-electron chi connectivity index (χ3n) is 5.61. The fourth-order valence-electron chi connectivity index (χ4n) is 3.98. The molecule has 1 saturated heterocycles. The van der Waals surface area contributed by atoms with E-state index in [9.17, 15) is 14.0 Å². The van der Waals surface area contributed by atoms with Gasteiger partial charge in [-0.05, 0) is 42.7 Å². The Balaban J connectivity index is 1.36. The minimum atomic E-state index is -0.280. The Hall–Kier alpha value is -3.22. The van der Waals surface area contributed by atoms with Crippen LogP contribution < -0.4 is 0 Å². The van der Waals surface area contributed by atoms with Gasteiger partial charge in [0.1, 0.15) is 11.6 Å². The van der Waals surface area contributed by atoms with Crippen LogP contribution in [0.15, 0.2) is 48.5 Å². The number of hydrogen-bond acceptors (Lipinski definition) is 3. The van der Waals surface area contributed by atoms with Crippen LogP contribution in [0.5, 0.6) is 0 Å². The van der Waals surface area contributed by atoms with E-state index in [2.05, 4.69) is 9.97 Å². The van der Waals surface area contributed by atoms with Crippen molar-refractivity contribution in [2.24, 2.45) is 5.92 Å². The van der Waals surface area contributed by atoms with Gasteiger partial charge in [-0.1, -0.05) is 24.3 Å². The zero-order chi connectivity index (χ0) is 21.1. The molecule has 2 amide bonds. The van der Waals surface area contributed by atoms with Crippen molar-refractivity contribution >= 4 is 22.8 Å². The first-order chi connectivity index (χ1) is 14.5.